The van der Waals surface area contributed by atoms with Gasteiger partial charge in [0.1, 0.15) is 5.69 Å². The van der Waals surface area contributed by atoms with Gasteiger partial charge in [0, 0.05) is 24.6 Å². The van der Waals surface area contributed by atoms with Crippen molar-refractivity contribution in [1.82, 2.24) is 19.5 Å². The molecule has 24 heavy (non-hydrogen) atoms. The van der Waals surface area contributed by atoms with E-state index in [0.29, 0.717) is 23.8 Å². The quantitative estimate of drug-likeness (QED) is 0.753. The molecular weight excluding hydrogens is 308 g/mol. The fourth-order valence-corrected chi connectivity index (χ4v) is 2.66. The Balaban J connectivity index is 1.98. The number of rotatable bonds is 6. The topological polar surface area (TPSA) is 74.2 Å². The van der Waals surface area contributed by atoms with Crippen LogP contribution in [0.25, 0.3) is 11.5 Å². The highest BCUT2D eigenvalue weighted by molar-refractivity contribution is 5.55. The molecule has 0 radical (unpaired) electrons. The molecule has 126 valence electrons. The third kappa shape index (κ3) is 2.80. The number of H-pyrrole nitrogens is 1. The summed E-state index contributed by atoms with van der Waals surface area (Å²) in [6.07, 6.45) is 5.36. The Labute approximate surface area is 140 Å². The maximum Gasteiger partial charge on any atom is 0.203 e. The molecule has 2 heterocycles. The van der Waals surface area contributed by atoms with Crippen LogP contribution < -0.4 is 14.2 Å². The van der Waals surface area contributed by atoms with Gasteiger partial charge in [-0.3, -0.25) is 0 Å². The first-order valence-electron chi connectivity index (χ1n) is 7.48. The summed E-state index contributed by atoms with van der Waals surface area (Å²) in [5, 5.41) is 0. The predicted octanol–water partition coefficient (Wildman–Crippen LogP) is 2.66. The first-order valence-corrected chi connectivity index (χ1v) is 7.48. The molecule has 0 fully saturated rings. The monoisotopic (exact) mass is 328 g/mol. The van der Waals surface area contributed by atoms with Crippen molar-refractivity contribution in [3.8, 4) is 28.8 Å². The molecule has 1 aromatic carbocycles. The van der Waals surface area contributed by atoms with Crippen LogP contribution in [0.3, 0.4) is 0 Å². The van der Waals surface area contributed by atoms with E-state index >= 15 is 0 Å². The van der Waals surface area contributed by atoms with Crippen LogP contribution >= 0.6 is 0 Å². The Morgan fingerprint density at radius 1 is 1.04 bits per heavy atom. The first kappa shape index (κ1) is 15.9. The Morgan fingerprint density at radius 3 is 2.29 bits per heavy atom. The highest BCUT2D eigenvalue weighted by atomic mass is 16.5. The Hall–Kier alpha value is -2.96. The number of methoxy groups -OCH3 is 3. The second-order valence-corrected chi connectivity index (χ2v) is 5.29. The molecule has 0 aliphatic carbocycles. The van der Waals surface area contributed by atoms with Crippen LogP contribution in [0.2, 0.25) is 0 Å². The molecule has 0 spiro atoms. The summed E-state index contributed by atoms with van der Waals surface area (Å²) in [5.41, 5.74) is 2.83. The molecule has 7 heteroatoms. The number of ether oxygens (including phenoxy) is 3. The van der Waals surface area contributed by atoms with Gasteiger partial charge in [-0.2, -0.15) is 0 Å². The highest BCUT2D eigenvalue weighted by Crippen LogP contribution is 2.38. The number of aryl methyl sites for hydroxylation is 1. The molecule has 0 saturated heterocycles. The minimum absolute atomic E-state index is 0.581. The fraction of sp³-hybridized carbons (Fsp3) is 0.294. The Kier molecular flexibility index (Phi) is 4.41. The average Bonchev–Trinajstić information content (AvgIpc) is 3.22. The van der Waals surface area contributed by atoms with E-state index in [1.807, 2.05) is 29.8 Å². The van der Waals surface area contributed by atoms with Crippen molar-refractivity contribution in [3.05, 3.63) is 42.1 Å². The fourth-order valence-electron chi connectivity index (χ4n) is 2.66. The van der Waals surface area contributed by atoms with E-state index in [1.165, 1.54) is 0 Å². The number of imidazole rings is 2. The number of aromatic nitrogens is 4. The van der Waals surface area contributed by atoms with Gasteiger partial charge in [-0.15, -0.1) is 0 Å². The van der Waals surface area contributed by atoms with Crippen molar-refractivity contribution < 1.29 is 14.2 Å². The molecule has 0 saturated carbocycles. The van der Waals surface area contributed by atoms with Crippen LogP contribution in [0, 0.1) is 6.92 Å². The molecule has 0 aliphatic heterocycles. The number of hydrogen-bond acceptors (Lipinski definition) is 5. The molecule has 0 unspecified atom stereocenters. The maximum atomic E-state index is 5.41. The molecule has 3 rings (SSSR count). The van der Waals surface area contributed by atoms with Crippen LogP contribution in [0.5, 0.6) is 17.2 Å². The van der Waals surface area contributed by atoms with Gasteiger partial charge in [0.15, 0.2) is 17.3 Å². The van der Waals surface area contributed by atoms with Gasteiger partial charge in [0.05, 0.1) is 27.7 Å². The largest absolute Gasteiger partial charge is 0.493 e. The van der Waals surface area contributed by atoms with E-state index in [0.717, 1.165) is 22.8 Å². The van der Waals surface area contributed by atoms with E-state index in [-0.39, 0.29) is 0 Å². The number of benzene rings is 1. The highest BCUT2D eigenvalue weighted by Gasteiger charge is 2.16. The van der Waals surface area contributed by atoms with Crippen molar-refractivity contribution in [2.75, 3.05) is 21.3 Å². The first-order chi connectivity index (χ1) is 11.7. The van der Waals surface area contributed by atoms with Crippen molar-refractivity contribution in [2.45, 2.75) is 13.5 Å². The summed E-state index contributed by atoms with van der Waals surface area (Å²) < 4.78 is 18.2. The molecule has 0 bridgehead atoms. The normalized spacial score (nSPS) is 10.7. The zero-order valence-corrected chi connectivity index (χ0v) is 14.2. The number of aromatic amines is 1. The third-order valence-electron chi connectivity index (χ3n) is 3.83. The van der Waals surface area contributed by atoms with Crippen LogP contribution in [0.1, 0.15) is 11.3 Å². The Morgan fingerprint density at radius 2 is 1.75 bits per heavy atom. The van der Waals surface area contributed by atoms with Crippen molar-refractivity contribution in [1.29, 1.82) is 0 Å². The van der Waals surface area contributed by atoms with Gasteiger partial charge >= 0.3 is 0 Å². The van der Waals surface area contributed by atoms with Gasteiger partial charge in [-0.25, -0.2) is 9.97 Å². The van der Waals surface area contributed by atoms with E-state index in [4.69, 9.17) is 14.2 Å². The van der Waals surface area contributed by atoms with Crippen LogP contribution in [-0.2, 0) is 6.54 Å². The van der Waals surface area contributed by atoms with Crippen LogP contribution in [0.15, 0.2) is 30.9 Å². The van der Waals surface area contributed by atoms with Gasteiger partial charge in [0.25, 0.3) is 0 Å². The molecule has 7 nitrogen and oxygen atoms in total. The maximum absolute atomic E-state index is 5.41. The van der Waals surface area contributed by atoms with E-state index in [2.05, 4.69) is 15.0 Å². The number of nitrogens with zero attached hydrogens (tertiary/aromatic N) is 3. The summed E-state index contributed by atoms with van der Waals surface area (Å²) in [6.45, 7) is 2.58. The lowest BCUT2D eigenvalue weighted by molar-refractivity contribution is 0.323. The molecule has 2 aromatic heterocycles. The lowest BCUT2D eigenvalue weighted by atomic mass is 10.1. The molecule has 0 atom stereocenters. The number of nitrogens with one attached hydrogen (secondary N) is 1. The summed E-state index contributed by atoms with van der Waals surface area (Å²) in [5.74, 6) is 2.65. The minimum atomic E-state index is 0.581. The molecular formula is C17H20N4O3. The number of hydrogen-bond donors (Lipinski definition) is 1. The van der Waals surface area contributed by atoms with Gasteiger partial charge < -0.3 is 23.8 Å². The smallest absolute Gasteiger partial charge is 0.203 e. The predicted molar refractivity (Wildman–Crippen MR) is 89.7 cm³/mol. The van der Waals surface area contributed by atoms with Crippen LogP contribution in [-0.4, -0.2) is 40.8 Å². The third-order valence-corrected chi connectivity index (χ3v) is 3.83. The standard InChI is InChI=1S/C17H20N4O3/c1-11-15(20-10-19-11)17-18-5-6-21(17)9-12-7-13(22-2)16(24-4)14(8-12)23-3/h5-8,10H,9H2,1-4H3,(H,19,20). The zero-order chi connectivity index (χ0) is 17.1. The molecule has 3 aromatic rings. The Bertz CT molecular complexity index is 813. The van der Waals surface area contributed by atoms with E-state index in [9.17, 15) is 0 Å². The molecule has 0 amide bonds. The summed E-state index contributed by atoms with van der Waals surface area (Å²) in [6, 6.07) is 3.87. The van der Waals surface area contributed by atoms with Crippen molar-refractivity contribution >= 4 is 0 Å². The van der Waals surface area contributed by atoms with Gasteiger partial charge in [-0.05, 0) is 24.6 Å². The molecule has 1 N–H and O–H groups in total. The van der Waals surface area contributed by atoms with E-state index < -0.39 is 0 Å². The summed E-state index contributed by atoms with van der Waals surface area (Å²) in [4.78, 5) is 11.9. The van der Waals surface area contributed by atoms with Crippen LogP contribution in [0.4, 0.5) is 0 Å². The second kappa shape index (κ2) is 6.66. The second-order valence-electron chi connectivity index (χ2n) is 5.29. The van der Waals surface area contributed by atoms with Gasteiger partial charge in [-0.1, -0.05) is 0 Å². The average molecular weight is 328 g/mol. The van der Waals surface area contributed by atoms with Crippen molar-refractivity contribution in [2.24, 2.45) is 0 Å². The minimum Gasteiger partial charge on any atom is -0.493 e. The lowest BCUT2D eigenvalue weighted by Crippen LogP contribution is -2.04. The zero-order valence-electron chi connectivity index (χ0n) is 14.2. The SMILES string of the molecule is COc1cc(Cn2ccnc2-c2nc[nH]c2C)cc(OC)c1OC. The van der Waals surface area contributed by atoms with Crippen molar-refractivity contribution in [3.63, 3.8) is 0 Å². The molecule has 0 aliphatic rings. The summed E-state index contributed by atoms with van der Waals surface area (Å²) >= 11 is 0. The van der Waals surface area contributed by atoms with E-state index in [1.54, 1.807) is 33.9 Å². The lowest BCUT2D eigenvalue weighted by Gasteiger charge is -2.15. The van der Waals surface area contributed by atoms with Gasteiger partial charge in [0.2, 0.25) is 5.75 Å². The summed E-state index contributed by atoms with van der Waals surface area (Å²) in [7, 11) is 4.81.